The predicted octanol–water partition coefficient (Wildman–Crippen LogP) is 2.19. The maximum absolute atomic E-state index is 13.0. The third-order valence-corrected chi connectivity index (χ3v) is 3.76. The lowest BCUT2D eigenvalue weighted by Crippen LogP contribution is -2.23. The van der Waals surface area contributed by atoms with Gasteiger partial charge >= 0.3 is 0 Å². The van der Waals surface area contributed by atoms with Gasteiger partial charge in [-0.25, -0.2) is 4.39 Å². The Morgan fingerprint density at radius 2 is 2.28 bits per heavy atom. The summed E-state index contributed by atoms with van der Waals surface area (Å²) in [6, 6.07) is 4.60. The van der Waals surface area contributed by atoms with E-state index in [4.69, 9.17) is 5.73 Å². The molecule has 0 saturated carbocycles. The third-order valence-electron chi connectivity index (χ3n) is 3.76. The van der Waals surface area contributed by atoms with E-state index in [-0.39, 0.29) is 5.82 Å². The molecule has 100 valence electrons. The Labute approximate surface area is 108 Å². The van der Waals surface area contributed by atoms with Crippen molar-refractivity contribution in [3.05, 3.63) is 24.0 Å². The van der Waals surface area contributed by atoms with Crippen molar-refractivity contribution in [3.8, 4) is 0 Å². The summed E-state index contributed by atoms with van der Waals surface area (Å²) < 4.78 is 13.0. The minimum absolute atomic E-state index is 0.276. The molecule has 18 heavy (non-hydrogen) atoms. The second kappa shape index (κ2) is 5.57. The highest BCUT2D eigenvalue weighted by Crippen LogP contribution is 2.24. The van der Waals surface area contributed by atoms with Crippen molar-refractivity contribution < 1.29 is 4.39 Å². The molecule has 1 aliphatic rings. The molecule has 1 aliphatic heterocycles. The number of rotatable bonds is 4. The molecule has 1 aromatic carbocycles. The maximum Gasteiger partial charge on any atom is 0.125 e. The first-order valence-corrected chi connectivity index (χ1v) is 6.51. The summed E-state index contributed by atoms with van der Waals surface area (Å²) in [5.74, 6) is 0.501. The van der Waals surface area contributed by atoms with Crippen LogP contribution in [0.25, 0.3) is 0 Å². The number of halogens is 1. The maximum atomic E-state index is 13.0. The average molecular weight is 251 g/mol. The summed E-state index contributed by atoms with van der Waals surface area (Å²) >= 11 is 0. The Kier molecular flexibility index (Phi) is 4.07. The zero-order chi connectivity index (χ0) is 13.1. The molecular formula is C14H22FN3. The minimum atomic E-state index is -0.276. The van der Waals surface area contributed by atoms with Gasteiger partial charge in [-0.15, -0.1) is 0 Å². The fraction of sp³-hybridized carbons (Fsp3) is 0.571. The fourth-order valence-corrected chi connectivity index (χ4v) is 2.63. The Balaban J connectivity index is 1.89. The molecular weight excluding hydrogens is 229 g/mol. The van der Waals surface area contributed by atoms with E-state index in [2.05, 4.69) is 16.8 Å². The normalized spacial score (nSPS) is 20.3. The van der Waals surface area contributed by atoms with E-state index >= 15 is 0 Å². The van der Waals surface area contributed by atoms with Crippen molar-refractivity contribution in [2.24, 2.45) is 5.92 Å². The number of anilines is 2. The van der Waals surface area contributed by atoms with Crippen molar-refractivity contribution in [2.45, 2.75) is 12.8 Å². The molecule has 1 saturated heterocycles. The second-order valence-corrected chi connectivity index (χ2v) is 5.33. The van der Waals surface area contributed by atoms with Crippen LogP contribution in [-0.4, -0.2) is 38.6 Å². The van der Waals surface area contributed by atoms with Crippen LogP contribution >= 0.6 is 0 Å². The van der Waals surface area contributed by atoms with Crippen LogP contribution in [0, 0.1) is 11.7 Å². The van der Waals surface area contributed by atoms with E-state index in [0.29, 0.717) is 5.69 Å². The Morgan fingerprint density at radius 3 is 2.89 bits per heavy atom. The fourth-order valence-electron chi connectivity index (χ4n) is 2.63. The molecule has 1 fully saturated rings. The van der Waals surface area contributed by atoms with Crippen LogP contribution in [0.2, 0.25) is 0 Å². The second-order valence-electron chi connectivity index (χ2n) is 5.33. The van der Waals surface area contributed by atoms with Gasteiger partial charge in [0, 0.05) is 20.1 Å². The zero-order valence-electron chi connectivity index (χ0n) is 11.2. The Bertz CT molecular complexity index is 408. The Morgan fingerprint density at radius 1 is 1.50 bits per heavy atom. The number of likely N-dealkylation sites (tertiary alicyclic amines) is 1. The lowest BCUT2D eigenvalue weighted by atomic mass is 10.0. The molecule has 3 nitrogen and oxygen atoms in total. The van der Waals surface area contributed by atoms with Crippen molar-refractivity contribution in [1.29, 1.82) is 0 Å². The topological polar surface area (TPSA) is 32.5 Å². The molecule has 1 heterocycles. The first-order chi connectivity index (χ1) is 8.56. The van der Waals surface area contributed by atoms with E-state index in [9.17, 15) is 4.39 Å². The van der Waals surface area contributed by atoms with Crippen LogP contribution in [0.3, 0.4) is 0 Å². The van der Waals surface area contributed by atoms with E-state index in [0.717, 1.165) is 24.6 Å². The first kappa shape index (κ1) is 13.1. The van der Waals surface area contributed by atoms with Crippen LogP contribution in [0.5, 0.6) is 0 Å². The standard InChI is InChI=1S/C14H22FN3/c1-17-7-5-11(10-17)6-8-18(2)14-4-3-12(15)9-13(14)16/h3-4,9,11H,5-8,10,16H2,1-2H3. The smallest absolute Gasteiger partial charge is 0.125 e. The van der Waals surface area contributed by atoms with Crippen molar-refractivity contribution in [1.82, 2.24) is 4.90 Å². The molecule has 0 spiro atoms. The van der Waals surface area contributed by atoms with Gasteiger partial charge in [0.25, 0.3) is 0 Å². The average Bonchev–Trinajstić information content (AvgIpc) is 2.72. The van der Waals surface area contributed by atoms with Gasteiger partial charge in [-0.2, -0.15) is 0 Å². The van der Waals surface area contributed by atoms with Crippen LogP contribution < -0.4 is 10.6 Å². The molecule has 4 heteroatoms. The quantitative estimate of drug-likeness (QED) is 0.833. The summed E-state index contributed by atoms with van der Waals surface area (Å²) in [7, 11) is 4.18. The van der Waals surface area contributed by atoms with E-state index < -0.39 is 0 Å². The third kappa shape index (κ3) is 3.13. The number of nitrogens with zero attached hydrogens (tertiary/aromatic N) is 2. The molecule has 0 radical (unpaired) electrons. The highest BCUT2D eigenvalue weighted by molar-refractivity contribution is 5.67. The summed E-state index contributed by atoms with van der Waals surface area (Å²) in [6.45, 7) is 3.36. The van der Waals surface area contributed by atoms with Gasteiger partial charge in [0.2, 0.25) is 0 Å². The lowest BCUT2D eigenvalue weighted by molar-refractivity contribution is 0.389. The number of hydrogen-bond donors (Lipinski definition) is 1. The molecule has 1 aromatic rings. The zero-order valence-corrected chi connectivity index (χ0v) is 11.2. The van der Waals surface area contributed by atoms with Crippen LogP contribution in [0.15, 0.2) is 18.2 Å². The van der Waals surface area contributed by atoms with Gasteiger partial charge in [-0.05, 0) is 50.6 Å². The van der Waals surface area contributed by atoms with Gasteiger partial charge in [0.15, 0.2) is 0 Å². The molecule has 0 bridgehead atoms. The van der Waals surface area contributed by atoms with Gasteiger partial charge in [0.1, 0.15) is 5.82 Å². The van der Waals surface area contributed by atoms with Crippen LogP contribution in [-0.2, 0) is 0 Å². The molecule has 0 aliphatic carbocycles. The molecule has 0 amide bonds. The van der Waals surface area contributed by atoms with E-state index in [1.165, 1.54) is 31.6 Å². The van der Waals surface area contributed by atoms with Crippen LogP contribution in [0.1, 0.15) is 12.8 Å². The number of nitrogens with two attached hydrogens (primary N) is 1. The van der Waals surface area contributed by atoms with Gasteiger partial charge < -0.3 is 15.5 Å². The van der Waals surface area contributed by atoms with Gasteiger partial charge in [-0.1, -0.05) is 0 Å². The molecule has 0 aromatic heterocycles. The van der Waals surface area contributed by atoms with Crippen molar-refractivity contribution in [3.63, 3.8) is 0 Å². The molecule has 2 N–H and O–H groups in total. The summed E-state index contributed by atoms with van der Waals surface area (Å²) in [5, 5.41) is 0. The molecule has 2 rings (SSSR count). The monoisotopic (exact) mass is 251 g/mol. The molecule has 1 unspecified atom stereocenters. The Hall–Kier alpha value is -1.29. The lowest BCUT2D eigenvalue weighted by Gasteiger charge is -2.22. The largest absolute Gasteiger partial charge is 0.397 e. The van der Waals surface area contributed by atoms with E-state index in [1.54, 1.807) is 6.07 Å². The van der Waals surface area contributed by atoms with Gasteiger partial charge in [-0.3, -0.25) is 0 Å². The highest BCUT2D eigenvalue weighted by atomic mass is 19.1. The van der Waals surface area contributed by atoms with Gasteiger partial charge in [0.05, 0.1) is 11.4 Å². The number of benzene rings is 1. The van der Waals surface area contributed by atoms with Crippen molar-refractivity contribution >= 4 is 11.4 Å². The van der Waals surface area contributed by atoms with Crippen LogP contribution in [0.4, 0.5) is 15.8 Å². The number of nitrogen functional groups attached to an aromatic ring is 1. The molecule has 1 atom stereocenters. The summed E-state index contributed by atoms with van der Waals surface area (Å²) in [4.78, 5) is 4.49. The van der Waals surface area contributed by atoms with Crippen molar-refractivity contribution in [2.75, 3.05) is 44.4 Å². The van der Waals surface area contributed by atoms with E-state index in [1.807, 2.05) is 7.05 Å². The highest BCUT2D eigenvalue weighted by Gasteiger charge is 2.19. The predicted molar refractivity (Wildman–Crippen MR) is 74.3 cm³/mol. The SMILES string of the molecule is CN1CCC(CCN(C)c2ccc(F)cc2N)C1. The first-order valence-electron chi connectivity index (χ1n) is 6.51. The minimum Gasteiger partial charge on any atom is -0.397 e. The summed E-state index contributed by atoms with van der Waals surface area (Å²) in [5.41, 5.74) is 7.27. The number of hydrogen-bond acceptors (Lipinski definition) is 3. The summed E-state index contributed by atoms with van der Waals surface area (Å²) in [6.07, 6.45) is 2.45.